The predicted molar refractivity (Wildman–Crippen MR) is 129 cm³/mol. The number of nitrogens with zero attached hydrogens (tertiary/aromatic N) is 1. The molecular weight excluding hydrogens is 452 g/mol. The van der Waals surface area contributed by atoms with Crippen molar-refractivity contribution in [3.8, 4) is 0 Å². The van der Waals surface area contributed by atoms with Crippen LogP contribution in [0.25, 0.3) is 0 Å². The van der Waals surface area contributed by atoms with Crippen molar-refractivity contribution in [1.82, 2.24) is 9.62 Å². The lowest BCUT2D eigenvalue weighted by atomic mass is 9.97. The second-order valence-corrected chi connectivity index (χ2v) is 11.3. The molecule has 3 rings (SSSR count). The highest BCUT2D eigenvalue weighted by atomic mass is 35.5. The van der Waals surface area contributed by atoms with E-state index in [9.17, 15) is 13.2 Å². The largest absolute Gasteiger partial charge is 0.355 e. The first-order valence-corrected chi connectivity index (χ1v) is 13.6. The second kappa shape index (κ2) is 11.4. The molecule has 1 aliphatic heterocycles. The quantitative estimate of drug-likeness (QED) is 0.545. The third kappa shape index (κ3) is 7.24. The number of amides is 1. The molecule has 0 bridgehead atoms. The molecule has 0 aromatic heterocycles. The molecule has 1 N–H and O–H groups in total. The summed E-state index contributed by atoms with van der Waals surface area (Å²) in [5, 5.41) is 3.60. The maximum absolute atomic E-state index is 12.7. The molecule has 2 aromatic rings. The summed E-state index contributed by atoms with van der Waals surface area (Å²) < 4.78 is 26.9. The van der Waals surface area contributed by atoms with Crippen molar-refractivity contribution in [2.75, 3.05) is 25.4 Å². The molecule has 2 aromatic carbocycles. The van der Waals surface area contributed by atoms with Crippen molar-refractivity contribution in [2.45, 2.75) is 31.3 Å². The molecule has 1 saturated heterocycles. The number of benzene rings is 2. The first-order valence-electron chi connectivity index (χ1n) is 10.5. The summed E-state index contributed by atoms with van der Waals surface area (Å²) >= 11 is 7.67. The molecule has 31 heavy (non-hydrogen) atoms. The Labute approximate surface area is 194 Å². The minimum absolute atomic E-state index is 0.0336. The average molecular weight is 481 g/mol. The number of thioether (sulfide) groups is 1. The Morgan fingerprint density at radius 1 is 1.13 bits per heavy atom. The van der Waals surface area contributed by atoms with Crippen LogP contribution in [-0.2, 0) is 26.3 Å². The van der Waals surface area contributed by atoms with Gasteiger partial charge in [0.25, 0.3) is 0 Å². The number of hydrogen-bond acceptors (Lipinski definition) is 4. The Morgan fingerprint density at radius 2 is 1.81 bits per heavy atom. The van der Waals surface area contributed by atoms with Gasteiger partial charge in [0.15, 0.2) is 0 Å². The van der Waals surface area contributed by atoms with Crippen molar-refractivity contribution in [3.05, 3.63) is 70.2 Å². The zero-order valence-electron chi connectivity index (χ0n) is 17.7. The number of sulfonamides is 1. The molecule has 168 valence electrons. The molecule has 0 atom stereocenters. The van der Waals surface area contributed by atoms with Crippen LogP contribution in [0.1, 0.15) is 29.5 Å². The lowest BCUT2D eigenvalue weighted by Gasteiger charge is -2.30. The van der Waals surface area contributed by atoms with Gasteiger partial charge in [-0.3, -0.25) is 4.79 Å². The highest BCUT2D eigenvalue weighted by molar-refractivity contribution is 7.98. The molecule has 1 aliphatic rings. The van der Waals surface area contributed by atoms with Crippen LogP contribution in [0.3, 0.4) is 0 Å². The summed E-state index contributed by atoms with van der Waals surface area (Å²) in [4.78, 5) is 12.5. The summed E-state index contributed by atoms with van der Waals surface area (Å²) in [5.74, 6) is 1.66. The smallest absolute Gasteiger partial charge is 0.223 e. The molecule has 0 saturated carbocycles. The summed E-state index contributed by atoms with van der Waals surface area (Å²) in [5.41, 5.74) is 3.33. The zero-order valence-corrected chi connectivity index (χ0v) is 20.1. The second-order valence-electron chi connectivity index (χ2n) is 7.83. The van der Waals surface area contributed by atoms with Gasteiger partial charge in [0.2, 0.25) is 15.9 Å². The average Bonchev–Trinajstić information content (AvgIpc) is 2.76. The Kier molecular flexibility index (Phi) is 8.84. The maximum atomic E-state index is 12.7. The molecule has 0 unspecified atom stereocenters. The van der Waals surface area contributed by atoms with Crippen molar-refractivity contribution >= 4 is 39.3 Å². The molecule has 0 radical (unpaired) electrons. The number of hydrogen-bond donors (Lipinski definition) is 1. The number of halogens is 1. The van der Waals surface area contributed by atoms with E-state index in [-0.39, 0.29) is 17.6 Å². The summed E-state index contributed by atoms with van der Waals surface area (Å²) in [6, 6.07) is 15.2. The van der Waals surface area contributed by atoms with E-state index >= 15 is 0 Å². The molecular formula is C23H29ClN2O3S2. The van der Waals surface area contributed by atoms with Gasteiger partial charge in [0, 0.05) is 42.1 Å². The molecule has 1 amide bonds. The molecule has 8 heteroatoms. The van der Waals surface area contributed by atoms with E-state index in [1.165, 1.54) is 15.4 Å². The third-order valence-electron chi connectivity index (χ3n) is 5.54. The monoisotopic (exact) mass is 480 g/mol. The lowest BCUT2D eigenvalue weighted by molar-refractivity contribution is -0.125. The number of aryl methyl sites for hydroxylation is 1. The fourth-order valence-electron chi connectivity index (χ4n) is 3.62. The standard InChI is InChI=1S/C23H29ClN2O3S2/c1-18-4-2-3-5-21(18)16-30-15-12-25-23(27)20-10-13-26(14-11-20)31(28,29)17-19-6-8-22(24)9-7-19/h2-9,20H,10-17H2,1H3,(H,25,27). The summed E-state index contributed by atoms with van der Waals surface area (Å²) in [6.45, 7) is 3.51. The van der Waals surface area contributed by atoms with Gasteiger partial charge in [-0.2, -0.15) is 11.8 Å². The summed E-state index contributed by atoms with van der Waals surface area (Å²) in [7, 11) is -3.40. The van der Waals surface area contributed by atoms with Crippen LogP contribution in [0, 0.1) is 12.8 Å². The topological polar surface area (TPSA) is 66.5 Å². The van der Waals surface area contributed by atoms with E-state index < -0.39 is 10.0 Å². The van der Waals surface area contributed by atoms with Crippen molar-refractivity contribution in [3.63, 3.8) is 0 Å². The fourth-order valence-corrected chi connectivity index (χ4v) is 6.25. The minimum atomic E-state index is -3.40. The fraction of sp³-hybridized carbons (Fsp3) is 0.435. The first kappa shape index (κ1) is 24.1. The Balaban J connectivity index is 1.37. The van der Waals surface area contributed by atoms with E-state index in [4.69, 9.17) is 11.6 Å². The minimum Gasteiger partial charge on any atom is -0.355 e. The van der Waals surface area contributed by atoms with Gasteiger partial charge in [-0.15, -0.1) is 0 Å². The highest BCUT2D eigenvalue weighted by Gasteiger charge is 2.31. The van der Waals surface area contributed by atoms with Crippen LogP contribution in [0.15, 0.2) is 48.5 Å². The Hall–Kier alpha value is -1.54. The van der Waals surface area contributed by atoms with Gasteiger partial charge in [-0.05, 0) is 48.6 Å². The Bertz CT molecular complexity index is 973. The number of carbonyl (C=O) groups excluding carboxylic acids is 1. The first-order chi connectivity index (χ1) is 14.8. The van der Waals surface area contributed by atoms with Crippen molar-refractivity contribution in [2.24, 2.45) is 5.92 Å². The van der Waals surface area contributed by atoms with Crippen LogP contribution in [-0.4, -0.2) is 44.0 Å². The SMILES string of the molecule is Cc1ccccc1CSCCNC(=O)C1CCN(S(=O)(=O)Cc2ccc(Cl)cc2)CC1. The van der Waals surface area contributed by atoms with E-state index in [0.29, 0.717) is 43.1 Å². The van der Waals surface area contributed by atoms with Crippen molar-refractivity contribution < 1.29 is 13.2 Å². The van der Waals surface area contributed by atoms with E-state index in [0.717, 1.165) is 11.5 Å². The van der Waals surface area contributed by atoms with E-state index in [2.05, 4.69) is 24.4 Å². The van der Waals surface area contributed by atoms with Crippen LogP contribution < -0.4 is 5.32 Å². The third-order valence-corrected chi connectivity index (χ3v) is 8.65. The van der Waals surface area contributed by atoms with Gasteiger partial charge in [0.05, 0.1) is 5.75 Å². The van der Waals surface area contributed by atoms with E-state index in [1.54, 1.807) is 36.0 Å². The van der Waals surface area contributed by atoms with Gasteiger partial charge in [0.1, 0.15) is 0 Å². The van der Waals surface area contributed by atoms with Crippen LogP contribution in [0.4, 0.5) is 0 Å². The van der Waals surface area contributed by atoms with E-state index in [1.807, 2.05) is 12.1 Å². The number of nitrogens with one attached hydrogen (secondary N) is 1. The van der Waals surface area contributed by atoms with Gasteiger partial charge in [-0.1, -0.05) is 48.0 Å². The molecule has 5 nitrogen and oxygen atoms in total. The van der Waals surface area contributed by atoms with Gasteiger partial charge in [-0.25, -0.2) is 12.7 Å². The normalized spacial score (nSPS) is 15.7. The maximum Gasteiger partial charge on any atom is 0.223 e. The molecule has 0 spiro atoms. The number of carbonyl (C=O) groups is 1. The van der Waals surface area contributed by atoms with Crippen molar-refractivity contribution in [1.29, 1.82) is 0 Å². The van der Waals surface area contributed by atoms with Gasteiger partial charge < -0.3 is 5.32 Å². The molecule has 0 aliphatic carbocycles. The Morgan fingerprint density at radius 3 is 2.48 bits per heavy atom. The zero-order chi connectivity index (χ0) is 22.3. The highest BCUT2D eigenvalue weighted by Crippen LogP contribution is 2.22. The van der Waals surface area contributed by atoms with Crippen LogP contribution >= 0.6 is 23.4 Å². The number of piperidine rings is 1. The van der Waals surface area contributed by atoms with Crippen LogP contribution in [0.2, 0.25) is 5.02 Å². The molecule has 1 heterocycles. The predicted octanol–water partition coefficient (Wildman–Crippen LogP) is 4.24. The molecule has 1 fully saturated rings. The number of rotatable bonds is 9. The summed E-state index contributed by atoms with van der Waals surface area (Å²) in [6.07, 6.45) is 1.12. The lowest BCUT2D eigenvalue weighted by Crippen LogP contribution is -2.43. The van der Waals surface area contributed by atoms with Crippen LogP contribution in [0.5, 0.6) is 0 Å². The van der Waals surface area contributed by atoms with Gasteiger partial charge >= 0.3 is 0 Å².